The van der Waals surface area contributed by atoms with Gasteiger partial charge in [0, 0.05) is 12.0 Å². The van der Waals surface area contributed by atoms with Gasteiger partial charge in [-0.2, -0.15) is 11.8 Å². The Hall–Kier alpha value is -0.275. The first-order chi connectivity index (χ1) is 16.0. The van der Waals surface area contributed by atoms with E-state index in [0.717, 1.165) is 14.7 Å². The second-order valence-electron chi connectivity index (χ2n) is 11.4. The van der Waals surface area contributed by atoms with Crippen LogP contribution in [0.2, 0.25) is 0 Å². The molecule has 0 saturated carbocycles. The number of nitrogens with zero attached hydrogens (tertiary/aromatic N) is 2. The summed E-state index contributed by atoms with van der Waals surface area (Å²) in [6, 6.07) is 6.53. The zero-order chi connectivity index (χ0) is 25.5. The second kappa shape index (κ2) is 20.7. The van der Waals surface area contributed by atoms with Crippen molar-refractivity contribution >= 4 is 30.1 Å². The number of halogens is 2. The maximum absolute atomic E-state index is 12.2. The fourth-order valence-corrected chi connectivity index (χ4v) is 5.06. The van der Waals surface area contributed by atoms with Crippen molar-refractivity contribution in [3.05, 3.63) is 29.8 Å². The summed E-state index contributed by atoms with van der Waals surface area (Å²) in [6.45, 7) is 3.84. The van der Waals surface area contributed by atoms with Crippen LogP contribution >= 0.6 is 11.8 Å². The fourth-order valence-electron chi connectivity index (χ4n) is 4.16. The van der Waals surface area contributed by atoms with Gasteiger partial charge in [0.25, 0.3) is 0 Å². The number of Topliss-reactive ketones (excluding diaryl/α,β-unsaturated/α-hetero) is 1. The number of carbonyl (C=O) groups is 1. The first-order valence-corrected chi connectivity index (χ1v) is 14.4. The van der Waals surface area contributed by atoms with E-state index in [9.17, 15) is 4.79 Å². The van der Waals surface area contributed by atoms with Crippen molar-refractivity contribution in [2.45, 2.75) is 64.2 Å². The molecule has 210 valence electrons. The Balaban J connectivity index is 0. The maximum atomic E-state index is 12.2. The van der Waals surface area contributed by atoms with E-state index in [2.05, 4.69) is 35.2 Å². The summed E-state index contributed by atoms with van der Waals surface area (Å²) in [7, 11) is 10.1. The number of benzene rings is 1. The molecule has 0 atom stereocenters. The van der Waals surface area contributed by atoms with Crippen molar-refractivity contribution < 1.29 is 48.6 Å². The molecule has 0 aliphatic carbocycles. The van der Waals surface area contributed by atoms with E-state index in [4.69, 9.17) is 10.0 Å². The van der Waals surface area contributed by atoms with Crippen LogP contribution < -0.4 is 30.3 Å². The molecule has 0 radical (unpaired) electrons. The molecule has 0 unspecified atom stereocenters. The number of hydrogen-bond donors (Lipinski definition) is 2. The zero-order valence-corrected chi connectivity index (χ0v) is 25.7. The molecule has 36 heavy (non-hydrogen) atoms. The quantitative estimate of drug-likeness (QED) is 0.0830. The van der Waals surface area contributed by atoms with Crippen LogP contribution in [0.3, 0.4) is 0 Å². The summed E-state index contributed by atoms with van der Waals surface area (Å²) >= 11 is 1.70. The van der Waals surface area contributed by atoms with Crippen LogP contribution in [-0.4, -0.2) is 98.3 Å². The molecule has 0 heterocycles. The SMILES string of the molecule is C[N+](C)(C)CCC[N+](C)(C)CCCCCCCCCCCSCC(=O)c1ccc(B(O)O)cc1.[Cl-].[Cl-]. The van der Waals surface area contributed by atoms with Crippen molar-refractivity contribution in [3.8, 4) is 0 Å². The smallest absolute Gasteiger partial charge is 0.488 e. The molecule has 5 nitrogen and oxygen atoms in total. The van der Waals surface area contributed by atoms with Crippen LogP contribution in [0.1, 0.15) is 74.6 Å². The normalized spacial score (nSPS) is 11.5. The predicted molar refractivity (Wildman–Crippen MR) is 149 cm³/mol. The molecule has 0 bridgehead atoms. The Labute approximate surface area is 238 Å². The Kier molecular flexibility index (Phi) is 21.7. The summed E-state index contributed by atoms with van der Waals surface area (Å²) < 4.78 is 2.22. The lowest BCUT2D eigenvalue weighted by Crippen LogP contribution is -3.00. The molecule has 9 heteroatoms. The van der Waals surface area contributed by atoms with Crippen molar-refractivity contribution in [3.63, 3.8) is 0 Å². The van der Waals surface area contributed by atoms with Gasteiger partial charge in [-0.1, -0.05) is 62.8 Å². The standard InChI is InChI=1S/C27H51BN2O3S.2ClH/c1-29(2,3)20-15-22-30(4,5)21-13-11-9-7-6-8-10-12-14-23-34-24-27(31)25-16-18-26(19-17-25)28(32)33;;/h16-19,32-33H,6-15,20-24H2,1-5H3;2*1H/q+2;;/p-2. The van der Waals surface area contributed by atoms with Crippen molar-refractivity contribution in [1.29, 1.82) is 0 Å². The number of unbranched alkanes of at least 4 members (excludes halogenated alkanes) is 8. The minimum absolute atomic E-state index is 0. The van der Waals surface area contributed by atoms with Crippen LogP contribution in [0.4, 0.5) is 0 Å². The molecule has 1 rings (SSSR count). The Bertz CT molecular complexity index is 687. The molecule has 0 saturated heterocycles. The second-order valence-corrected chi connectivity index (χ2v) is 12.5. The lowest BCUT2D eigenvalue weighted by atomic mass is 9.80. The summed E-state index contributed by atoms with van der Waals surface area (Å²) in [4.78, 5) is 12.2. The first-order valence-electron chi connectivity index (χ1n) is 13.2. The van der Waals surface area contributed by atoms with Gasteiger partial charge in [-0.3, -0.25) is 4.79 Å². The van der Waals surface area contributed by atoms with Crippen LogP contribution in [0, 0.1) is 0 Å². The lowest BCUT2D eigenvalue weighted by Gasteiger charge is -2.31. The lowest BCUT2D eigenvalue weighted by molar-refractivity contribution is -0.902. The summed E-state index contributed by atoms with van der Waals surface area (Å²) in [5.74, 6) is 1.63. The first kappa shape index (κ1) is 37.9. The number of ketones is 1. The topological polar surface area (TPSA) is 57.5 Å². The number of thioether (sulfide) groups is 1. The molecular weight excluding hydrogens is 514 g/mol. The van der Waals surface area contributed by atoms with Gasteiger partial charge >= 0.3 is 7.12 Å². The van der Waals surface area contributed by atoms with Gasteiger partial charge in [0.1, 0.15) is 0 Å². The molecule has 0 aliphatic heterocycles. The van der Waals surface area contributed by atoms with E-state index < -0.39 is 7.12 Å². The highest BCUT2D eigenvalue weighted by atomic mass is 35.5. The van der Waals surface area contributed by atoms with E-state index in [-0.39, 0.29) is 30.6 Å². The van der Waals surface area contributed by atoms with E-state index in [1.165, 1.54) is 83.8 Å². The molecule has 0 spiro atoms. The van der Waals surface area contributed by atoms with Crippen molar-refractivity contribution in [2.75, 3.05) is 66.4 Å². The van der Waals surface area contributed by atoms with E-state index >= 15 is 0 Å². The van der Waals surface area contributed by atoms with E-state index in [0.29, 0.717) is 16.8 Å². The Morgan fingerprint density at radius 1 is 0.722 bits per heavy atom. The third-order valence-corrected chi connectivity index (χ3v) is 7.45. The van der Waals surface area contributed by atoms with Gasteiger partial charge in [0.2, 0.25) is 0 Å². The highest BCUT2D eigenvalue weighted by Gasteiger charge is 2.16. The van der Waals surface area contributed by atoms with Crippen LogP contribution in [-0.2, 0) is 0 Å². The largest absolute Gasteiger partial charge is 1.00 e. The average molecular weight is 566 g/mol. The third-order valence-electron chi connectivity index (χ3n) is 6.41. The summed E-state index contributed by atoms with van der Waals surface area (Å²) in [5.41, 5.74) is 1.05. The number of hydrogen-bond acceptors (Lipinski definition) is 4. The minimum atomic E-state index is -1.48. The van der Waals surface area contributed by atoms with Gasteiger partial charge in [0.15, 0.2) is 5.78 Å². The van der Waals surface area contributed by atoms with Gasteiger partial charge in [-0.05, 0) is 30.5 Å². The highest BCUT2D eigenvalue weighted by Crippen LogP contribution is 2.14. The monoisotopic (exact) mass is 564 g/mol. The number of rotatable bonds is 20. The molecule has 0 amide bonds. The number of quaternary nitrogens is 2. The van der Waals surface area contributed by atoms with E-state index in [1.54, 1.807) is 36.0 Å². The minimum Gasteiger partial charge on any atom is -1.00 e. The Morgan fingerprint density at radius 3 is 1.69 bits per heavy atom. The molecule has 1 aromatic carbocycles. The highest BCUT2D eigenvalue weighted by molar-refractivity contribution is 7.99. The van der Waals surface area contributed by atoms with Gasteiger partial charge < -0.3 is 43.8 Å². The maximum Gasteiger partial charge on any atom is 0.488 e. The van der Waals surface area contributed by atoms with Crippen LogP contribution in [0.15, 0.2) is 24.3 Å². The molecule has 1 aromatic rings. The van der Waals surface area contributed by atoms with Gasteiger partial charge in [0.05, 0.1) is 60.6 Å². The third kappa shape index (κ3) is 19.8. The average Bonchev–Trinajstić information content (AvgIpc) is 2.75. The summed E-state index contributed by atoms with van der Waals surface area (Å²) in [6.07, 6.45) is 13.2. The molecule has 2 N–H and O–H groups in total. The predicted octanol–water partition coefficient (Wildman–Crippen LogP) is -2.03. The van der Waals surface area contributed by atoms with Crippen molar-refractivity contribution in [2.24, 2.45) is 0 Å². The molecular formula is C27H51BCl2N2O3S. The molecule has 0 aromatic heterocycles. The Morgan fingerprint density at radius 2 is 1.19 bits per heavy atom. The van der Waals surface area contributed by atoms with Crippen LogP contribution in [0.25, 0.3) is 0 Å². The van der Waals surface area contributed by atoms with E-state index in [1.807, 2.05) is 0 Å². The fraction of sp³-hybridized carbons (Fsp3) is 0.741. The molecule has 0 fully saturated rings. The van der Waals surface area contributed by atoms with Crippen LogP contribution in [0.5, 0.6) is 0 Å². The molecule has 0 aliphatic rings. The number of carbonyl (C=O) groups excluding carboxylic acids is 1. The summed E-state index contributed by atoms with van der Waals surface area (Å²) in [5, 5.41) is 18.2. The van der Waals surface area contributed by atoms with Gasteiger partial charge in [-0.15, -0.1) is 0 Å². The zero-order valence-electron chi connectivity index (χ0n) is 23.4. The van der Waals surface area contributed by atoms with Gasteiger partial charge in [-0.25, -0.2) is 0 Å². The van der Waals surface area contributed by atoms with Crippen molar-refractivity contribution in [1.82, 2.24) is 0 Å².